The summed E-state index contributed by atoms with van der Waals surface area (Å²) < 4.78 is 4.87. The van der Waals surface area contributed by atoms with Crippen LogP contribution in [0.25, 0.3) is 0 Å². The van der Waals surface area contributed by atoms with Crippen molar-refractivity contribution in [2.24, 2.45) is 0 Å². The van der Waals surface area contributed by atoms with Gasteiger partial charge >= 0.3 is 0 Å². The summed E-state index contributed by atoms with van der Waals surface area (Å²) in [6, 6.07) is 1.53. The van der Waals surface area contributed by atoms with Crippen LogP contribution in [0, 0.1) is 0 Å². The molecule has 0 amide bonds. The van der Waals surface area contributed by atoms with Gasteiger partial charge in [-0.1, -0.05) is 0 Å². The second-order valence-electron chi connectivity index (χ2n) is 6.36. The molecule has 1 N–H and O–H groups in total. The Morgan fingerprint density at radius 1 is 0.850 bits per heavy atom. The van der Waals surface area contributed by atoms with Crippen molar-refractivity contribution in [3.05, 3.63) is 0 Å². The average molecular weight is 304 g/mol. The van der Waals surface area contributed by atoms with Crippen LogP contribution in [0.4, 0.5) is 0 Å². The summed E-state index contributed by atoms with van der Waals surface area (Å²) in [6.45, 7) is 17.1. The Kier molecular flexibility index (Phi) is 9.08. The van der Waals surface area contributed by atoms with E-state index in [1.54, 1.807) is 0 Å². The van der Waals surface area contributed by atoms with Gasteiger partial charge in [0.1, 0.15) is 6.61 Å². The number of carbonyl (C=O) groups is 1. The van der Waals surface area contributed by atoms with Crippen molar-refractivity contribution >= 4 is 14.0 Å². The molecule has 0 bridgehead atoms. The molecule has 5 heteroatoms. The Balaban J connectivity index is 5.47. The maximum absolute atomic E-state index is 11.8. The smallest absolute Gasteiger partial charge is 0.164 e. The van der Waals surface area contributed by atoms with Crippen LogP contribution in [0.2, 0.25) is 0 Å². The first-order chi connectivity index (χ1) is 9.13. The van der Waals surface area contributed by atoms with Crippen molar-refractivity contribution in [1.82, 2.24) is 9.34 Å². The van der Waals surface area contributed by atoms with Crippen LogP contribution in [0.3, 0.4) is 0 Å². The van der Waals surface area contributed by atoms with E-state index in [9.17, 15) is 4.79 Å². The van der Waals surface area contributed by atoms with Gasteiger partial charge in [-0.05, 0) is 55.4 Å². The molecule has 4 nitrogen and oxygen atoms in total. The Hall–Kier alpha value is -0.0200. The summed E-state index contributed by atoms with van der Waals surface area (Å²) in [6.07, 6.45) is 0.443. The summed E-state index contributed by atoms with van der Waals surface area (Å²) in [7, 11) is -0.733. The largest absolute Gasteiger partial charge is 0.389 e. The maximum atomic E-state index is 11.8. The second kappa shape index (κ2) is 9.09. The van der Waals surface area contributed by atoms with Crippen LogP contribution < -0.4 is 0 Å². The lowest BCUT2D eigenvalue weighted by Crippen LogP contribution is -2.44. The van der Waals surface area contributed by atoms with Crippen molar-refractivity contribution in [3.63, 3.8) is 0 Å². The fourth-order valence-corrected chi connectivity index (χ4v) is 5.86. The number of nitrogens with zero attached hydrogens (tertiary/aromatic N) is 2. The van der Waals surface area contributed by atoms with Crippen LogP contribution in [-0.4, -0.2) is 57.2 Å². The van der Waals surface area contributed by atoms with E-state index in [1.165, 1.54) is 0 Å². The molecular formula is C15H33N2O2P. The SMILES string of the molecule is CC(C)N(C(C)C)P(CC(=O)CO)N(C(C)C)C(C)C. The van der Waals surface area contributed by atoms with Gasteiger partial charge in [-0.2, -0.15) is 0 Å². The monoisotopic (exact) mass is 304 g/mol. The van der Waals surface area contributed by atoms with E-state index in [-0.39, 0.29) is 12.4 Å². The van der Waals surface area contributed by atoms with E-state index in [4.69, 9.17) is 5.11 Å². The lowest BCUT2D eigenvalue weighted by molar-refractivity contribution is -0.119. The highest BCUT2D eigenvalue weighted by Gasteiger charge is 2.33. The van der Waals surface area contributed by atoms with Gasteiger partial charge in [-0.3, -0.25) is 14.1 Å². The Morgan fingerprint density at radius 3 is 1.35 bits per heavy atom. The van der Waals surface area contributed by atoms with Crippen LogP contribution in [0.5, 0.6) is 0 Å². The van der Waals surface area contributed by atoms with E-state index in [1.807, 2.05) is 0 Å². The van der Waals surface area contributed by atoms with Gasteiger partial charge in [0.2, 0.25) is 0 Å². The number of hydrogen-bond donors (Lipinski definition) is 1. The van der Waals surface area contributed by atoms with Crippen LogP contribution in [-0.2, 0) is 4.79 Å². The molecule has 0 aliphatic rings. The van der Waals surface area contributed by atoms with Gasteiger partial charge in [0.05, 0.1) is 6.16 Å². The number of hydrogen-bond acceptors (Lipinski definition) is 4. The molecule has 0 saturated carbocycles. The summed E-state index contributed by atoms with van der Waals surface area (Å²) in [5, 5.41) is 9.13. The third-order valence-electron chi connectivity index (χ3n) is 3.14. The summed E-state index contributed by atoms with van der Waals surface area (Å²) in [4.78, 5) is 11.8. The van der Waals surface area contributed by atoms with E-state index >= 15 is 0 Å². The molecule has 0 spiro atoms. The standard InChI is InChI=1S/C15H33N2O2P/c1-11(2)16(12(3)4)20(10-15(19)9-18)17(13(5)6)14(7)8/h11-14,18H,9-10H2,1-8H3. The van der Waals surface area contributed by atoms with E-state index in [0.717, 1.165) is 0 Å². The predicted molar refractivity (Wildman–Crippen MR) is 88.1 cm³/mol. The quantitative estimate of drug-likeness (QED) is 0.665. The number of rotatable bonds is 9. The summed E-state index contributed by atoms with van der Waals surface area (Å²) in [5.74, 6) is -0.0614. The molecule has 0 aliphatic heterocycles. The molecule has 120 valence electrons. The molecule has 0 unspecified atom stereocenters. The molecule has 0 aliphatic carbocycles. The molecule has 0 heterocycles. The number of aliphatic hydroxyl groups excluding tert-OH is 1. The molecule has 0 aromatic rings. The third kappa shape index (κ3) is 5.77. The predicted octanol–water partition coefficient (Wildman–Crippen LogP) is 3.10. The molecule has 0 saturated heterocycles. The molecule has 0 rings (SSSR count). The molecular weight excluding hydrogens is 271 g/mol. The molecule has 20 heavy (non-hydrogen) atoms. The van der Waals surface area contributed by atoms with Crippen LogP contribution in [0.15, 0.2) is 0 Å². The van der Waals surface area contributed by atoms with Gasteiger partial charge in [-0.25, -0.2) is 0 Å². The zero-order valence-corrected chi connectivity index (χ0v) is 15.3. The number of Topliss-reactive ketones (excluding diaryl/α,β-unsaturated/α-hetero) is 1. The highest BCUT2D eigenvalue weighted by Crippen LogP contribution is 2.49. The fraction of sp³-hybridized carbons (Fsp3) is 0.933. The van der Waals surface area contributed by atoms with Gasteiger partial charge in [0, 0.05) is 32.4 Å². The Bertz CT molecular complexity index is 258. The minimum absolute atomic E-state index is 0.0614. The first-order valence-corrected chi connectivity index (χ1v) is 9.03. The Labute approximate surface area is 126 Å². The van der Waals surface area contributed by atoms with Crippen molar-refractivity contribution in [2.45, 2.75) is 79.6 Å². The number of carbonyl (C=O) groups excluding carboxylic acids is 1. The molecule has 0 atom stereocenters. The third-order valence-corrected chi connectivity index (χ3v) is 6.69. The van der Waals surface area contributed by atoms with Gasteiger partial charge in [0.15, 0.2) is 5.78 Å². The summed E-state index contributed by atoms with van der Waals surface area (Å²) >= 11 is 0. The van der Waals surface area contributed by atoms with Crippen molar-refractivity contribution in [1.29, 1.82) is 0 Å². The zero-order valence-electron chi connectivity index (χ0n) is 14.4. The topological polar surface area (TPSA) is 43.8 Å². The van der Waals surface area contributed by atoms with Crippen molar-refractivity contribution in [3.8, 4) is 0 Å². The lowest BCUT2D eigenvalue weighted by Gasteiger charge is -2.47. The molecule has 0 aromatic carbocycles. The van der Waals surface area contributed by atoms with Gasteiger partial charge in [-0.15, -0.1) is 0 Å². The van der Waals surface area contributed by atoms with Crippen LogP contribution in [0.1, 0.15) is 55.4 Å². The fourth-order valence-electron chi connectivity index (χ4n) is 2.75. The van der Waals surface area contributed by atoms with Crippen LogP contribution >= 0.6 is 8.22 Å². The number of aliphatic hydroxyl groups is 1. The highest BCUT2D eigenvalue weighted by molar-refractivity contribution is 7.53. The second-order valence-corrected chi connectivity index (χ2v) is 8.35. The number of ketones is 1. The van der Waals surface area contributed by atoms with Gasteiger partial charge < -0.3 is 5.11 Å². The van der Waals surface area contributed by atoms with E-state index in [0.29, 0.717) is 30.3 Å². The minimum Gasteiger partial charge on any atom is -0.389 e. The molecule has 0 aromatic heterocycles. The maximum Gasteiger partial charge on any atom is 0.164 e. The first kappa shape index (κ1) is 20.0. The van der Waals surface area contributed by atoms with E-state index < -0.39 is 8.22 Å². The minimum atomic E-state index is -0.733. The zero-order chi connectivity index (χ0) is 16.0. The Morgan fingerprint density at radius 2 is 1.15 bits per heavy atom. The summed E-state index contributed by atoms with van der Waals surface area (Å²) in [5.41, 5.74) is 0. The molecule has 0 radical (unpaired) electrons. The average Bonchev–Trinajstić information content (AvgIpc) is 2.26. The first-order valence-electron chi connectivity index (χ1n) is 7.60. The van der Waals surface area contributed by atoms with Crippen molar-refractivity contribution < 1.29 is 9.90 Å². The van der Waals surface area contributed by atoms with Crippen molar-refractivity contribution in [2.75, 3.05) is 12.8 Å². The van der Waals surface area contributed by atoms with E-state index in [2.05, 4.69) is 64.7 Å². The normalized spacial score (nSPS) is 13.0. The lowest BCUT2D eigenvalue weighted by atomic mass is 10.3. The highest BCUT2D eigenvalue weighted by atomic mass is 31.1. The molecule has 0 fully saturated rings. The van der Waals surface area contributed by atoms with Gasteiger partial charge in [0.25, 0.3) is 0 Å².